The molecule has 0 spiro atoms. The third-order valence-corrected chi connectivity index (χ3v) is 3.08. The zero-order valence-electron chi connectivity index (χ0n) is 12.4. The lowest BCUT2D eigenvalue weighted by Gasteiger charge is -2.22. The van der Waals surface area contributed by atoms with Gasteiger partial charge < -0.3 is 16.2 Å². The van der Waals surface area contributed by atoms with Crippen LogP contribution in [0.2, 0.25) is 0 Å². The summed E-state index contributed by atoms with van der Waals surface area (Å²) in [4.78, 5) is 4.51. The molecule has 0 bridgehead atoms. The van der Waals surface area contributed by atoms with E-state index in [2.05, 4.69) is 31.1 Å². The van der Waals surface area contributed by atoms with Crippen molar-refractivity contribution in [2.45, 2.75) is 33.3 Å². The molecule has 2 rings (SSSR count). The van der Waals surface area contributed by atoms with Gasteiger partial charge in [-0.05, 0) is 42.2 Å². The number of aliphatic hydroxyl groups excluding tert-OH is 1. The predicted molar refractivity (Wildman–Crippen MR) is 84.7 cm³/mol. The second kappa shape index (κ2) is 5.67. The minimum Gasteiger partial charge on any atom is -0.399 e. The maximum atomic E-state index is 9.99. The molecule has 1 atom stereocenters. The standard InChI is InChI=1S/C16H23N3O/c1-16(2,3)9-13(20)10-18-15-7-4-11-8-12(17)5-6-14(11)19-15/h4-8,13,20H,9-10,17H2,1-3H3,(H,18,19). The Labute approximate surface area is 120 Å². The van der Waals surface area contributed by atoms with Crippen molar-refractivity contribution in [3.8, 4) is 0 Å². The highest BCUT2D eigenvalue weighted by Crippen LogP contribution is 2.21. The number of fused-ring (bicyclic) bond motifs is 1. The van der Waals surface area contributed by atoms with Gasteiger partial charge in [-0.2, -0.15) is 0 Å². The van der Waals surface area contributed by atoms with E-state index in [0.717, 1.165) is 28.8 Å². The molecule has 0 saturated heterocycles. The number of aliphatic hydroxyl groups is 1. The van der Waals surface area contributed by atoms with Gasteiger partial charge in [0.2, 0.25) is 0 Å². The fourth-order valence-corrected chi connectivity index (χ4v) is 2.24. The minimum absolute atomic E-state index is 0.120. The molecule has 0 aliphatic heterocycles. The number of nitrogens with one attached hydrogen (secondary N) is 1. The van der Waals surface area contributed by atoms with E-state index >= 15 is 0 Å². The number of rotatable bonds is 4. The van der Waals surface area contributed by atoms with Crippen molar-refractivity contribution >= 4 is 22.4 Å². The van der Waals surface area contributed by atoms with Crippen LogP contribution in [0.5, 0.6) is 0 Å². The quantitative estimate of drug-likeness (QED) is 0.749. The van der Waals surface area contributed by atoms with Crippen molar-refractivity contribution in [2.75, 3.05) is 17.6 Å². The molecular formula is C16H23N3O. The molecular weight excluding hydrogens is 250 g/mol. The number of aromatic nitrogens is 1. The highest BCUT2D eigenvalue weighted by molar-refractivity contribution is 5.83. The SMILES string of the molecule is CC(C)(C)CC(O)CNc1ccc2cc(N)ccc2n1. The van der Waals surface area contributed by atoms with E-state index in [1.54, 1.807) is 0 Å². The van der Waals surface area contributed by atoms with Gasteiger partial charge >= 0.3 is 0 Å². The predicted octanol–water partition coefficient (Wildman–Crippen LogP) is 3.03. The fraction of sp³-hybridized carbons (Fsp3) is 0.438. The highest BCUT2D eigenvalue weighted by Gasteiger charge is 2.16. The molecule has 108 valence electrons. The second-order valence-corrected chi connectivity index (χ2v) is 6.45. The van der Waals surface area contributed by atoms with Gasteiger partial charge in [-0.15, -0.1) is 0 Å². The van der Waals surface area contributed by atoms with E-state index in [1.165, 1.54) is 0 Å². The fourth-order valence-electron chi connectivity index (χ4n) is 2.24. The molecule has 2 aromatic rings. The zero-order valence-corrected chi connectivity index (χ0v) is 12.4. The summed E-state index contributed by atoms with van der Waals surface area (Å²) in [6.07, 6.45) is 0.378. The van der Waals surface area contributed by atoms with Crippen LogP contribution in [-0.2, 0) is 0 Å². The lowest BCUT2D eigenvalue weighted by atomic mass is 9.89. The van der Waals surface area contributed by atoms with Crippen molar-refractivity contribution in [1.29, 1.82) is 0 Å². The molecule has 20 heavy (non-hydrogen) atoms. The van der Waals surface area contributed by atoms with Gasteiger partial charge in [0.1, 0.15) is 5.82 Å². The van der Waals surface area contributed by atoms with Gasteiger partial charge in [0.05, 0.1) is 11.6 Å². The van der Waals surface area contributed by atoms with Gasteiger partial charge in [0.15, 0.2) is 0 Å². The molecule has 1 aromatic carbocycles. The van der Waals surface area contributed by atoms with Crippen LogP contribution < -0.4 is 11.1 Å². The molecule has 1 unspecified atom stereocenters. The number of nitrogens with zero attached hydrogens (tertiary/aromatic N) is 1. The Hall–Kier alpha value is -1.81. The van der Waals surface area contributed by atoms with Gasteiger partial charge in [-0.3, -0.25) is 0 Å². The number of anilines is 2. The van der Waals surface area contributed by atoms with Crippen LogP contribution in [0.25, 0.3) is 10.9 Å². The Morgan fingerprint density at radius 1 is 1.25 bits per heavy atom. The van der Waals surface area contributed by atoms with Crippen LogP contribution in [0.15, 0.2) is 30.3 Å². The summed E-state index contributed by atoms with van der Waals surface area (Å²) in [5.41, 5.74) is 7.50. The molecule has 0 fully saturated rings. The van der Waals surface area contributed by atoms with Crippen molar-refractivity contribution in [3.05, 3.63) is 30.3 Å². The third kappa shape index (κ3) is 4.10. The lowest BCUT2D eigenvalue weighted by molar-refractivity contribution is 0.132. The third-order valence-electron chi connectivity index (χ3n) is 3.08. The first kappa shape index (κ1) is 14.6. The summed E-state index contributed by atoms with van der Waals surface area (Å²) in [5, 5.41) is 14.2. The normalized spacial score (nSPS) is 13.4. The van der Waals surface area contributed by atoms with Gasteiger partial charge in [0.25, 0.3) is 0 Å². The summed E-state index contributed by atoms with van der Waals surface area (Å²) < 4.78 is 0. The first-order chi connectivity index (χ1) is 9.33. The molecule has 4 nitrogen and oxygen atoms in total. The van der Waals surface area contributed by atoms with E-state index < -0.39 is 0 Å². The van der Waals surface area contributed by atoms with Gasteiger partial charge in [-0.25, -0.2) is 4.98 Å². The summed E-state index contributed by atoms with van der Waals surface area (Å²) in [6.45, 7) is 6.86. The molecule has 0 aliphatic rings. The van der Waals surface area contributed by atoms with Gasteiger partial charge in [-0.1, -0.05) is 20.8 Å². The monoisotopic (exact) mass is 273 g/mol. The van der Waals surface area contributed by atoms with E-state index in [9.17, 15) is 5.11 Å². The van der Waals surface area contributed by atoms with Crippen molar-refractivity contribution in [2.24, 2.45) is 5.41 Å². The van der Waals surface area contributed by atoms with Gasteiger partial charge in [0, 0.05) is 17.6 Å². The van der Waals surface area contributed by atoms with E-state index in [0.29, 0.717) is 6.54 Å². The minimum atomic E-state index is -0.376. The largest absolute Gasteiger partial charge is 0.399 e. The van der Waals surface area contributed by atoms with Crippen molar-refractivity contribution in [3.63, 3.8) is 0 Å². The first-order valence-electron chi connectivity index (χ1n) is 6.92. The number of nitrogen functional groups attached to an aromatic ring is 1. The summed E-state index contributed by atoms with van der Waals surface area (Å²) >= 11 is 0. The van der Waals surface area contributed by atoms with E-state index in [4.69, 9.17) is 5.73 Å². The van der Waals surface area contributed by atoms with Crippen molar-refractivity contribution in [1.82, 2.24) is 4.98 Å². The molecule has 4 N–H and O–H groups in total. The van der Waals surface area contributed by atoms with Crippen LogP contribution in [0.1, 0.15) is 27.2 Å². The summed E-state index contributed by atoms with van der Waals surface area (Å²) in [6, 6.07) is 9.54. The Morgan fingerprint density at radius 3 is 2.70 bits per heavy atom. The molecule has 0 aliphatic carbocycles. The Bertz CT molecular complexity index is 590. The number of nitrogens with two attached hydrogens (primary N) is 1. The van der Waals surface area contributed by atoms with E-state index in [-0.39, 0.29) is 11.5 Å². The van der Waals surface area contributed by atoms with Crippen molar-refractivity contribution < 1.29 is 5.11 Å². The number of benzene rings is 1. The van der Waals surface area contributed by atoms with Crippen LogP contribution >= 0.6 is 0 Å². The molecule has 1 aromatic heterocycles. The second-order valence-electron chi connectivity index (χ2n) is 6.45. The number of pyridine rings is 1. The number of hydrogen-bond donors (Lipinski definition) is 3. The van der Waals surface area contributed by atoms with E-state index in [1.807, 2.05) is 30.3 Å². The van der Waals surface area contributed by atoms with Crippen LogP contribution in [0, 0.1) is 5.41 Å². The molecule has 0 amide bonds. The number of hydrogen-bond acceptors (Lipinski definition) is 4. The maximum absolute atomic E-state index is 9.99. The topological polar surface area (TPSA) is 71.2 Å². The van der Waals surface area contributed by atoms with Crippen LogP contribution in [-0.4, -0.2) is 22.7 Å². The highest BCUT2D eigenvalue weighted by atomic mass is 16.3. The Balaban J connectivity index is 2.02. The lowest BCUT2D eigenvalue weighted by Crippen LogP contribution is -2.25. The Morgan fingerprint density at radius 2 is 2.00 bits per heavy atom. The smallest absolute Gasteiger partial charge is 0.126 e. The molecule has 0 radical (unpaired) electrons. The molecule has 4 heteroatoms. The van der Waals surface area contributed by atoms with Crippen LogP contribution in [0.4, 0.5) is 11.5 Å². The molecule has 0 saturated carbocycles. The maximum Gasteiger partial charge on any atom is 0.126 e. The average molecular weight is 273 g/mol. The zero-order chi connectivity index (χ0) is 14.8. The molecule has 1 heterocycles. The first-order valence-corrected chi connectivity index (χ1v) is 6.92. The average Bonchev–Trinajstić information content (AvgIpc) is 2.34. The summed E-state index contributed by atoms with van der Waals surface area (Å²) in [5.74, 6) is 0.773. The Kier molecular flexibility index (Phi) is 4.14. The van der Waals surface area contributed by atoms with Crippen LogP contribution in [0.3, 0.4) is 0 Å². The summed E-state index contributed by atoms with van der Waals surface area (Å²) in [7, 11) is 0.